The normalized spacial score (nSPS) is 10.7. The van der Waals surface area contributed by atoms with Crippen LogP contribution in [0.15, 0.2) is 53.6 Å². The molecule has 2 heterocycles. The fraction of sp³-hybridized carbons (Fsp3) is 0.0625. The van der Waals surface area contributed by atoms with Crippen molar-refractivity contribution in [3.8, 4) is 0 Å². The molecule has 0 spiro atoms. The molecule has 2 aromatic heterocycles. The number of anilines is 1. The maximum Gasteiger partial charge on any atom is 0.266 e. The number of hydrogen-bond acceptors (Lipinski definition) is 4. The smallest absolute Gasteiger partial charge is 0.266 e. The Morgan fingerprint density at radius 2 is 2.05 bits per heavy atom. The number of hydrogen-bond donors (Lipinski definition) is 1. The van der Waals surface area contributed by atoms with E-state index in [0.29, 0.717) is 22.3 Å². The first-order valence-corrected chi connectivity index (χ1v) is 6.44. The summed E-state index contributed by atoms with van der Waals surface area (Å²) in [7, 11) is 0. The van der Waals surface area contributed by atoms with Crippen LogP contribution in [0.25, 0.3) is 10.9 Å². The van der Waals surface area contributed by atoms with Crippen LogP contribution in [-0.4, -0.2) is 15.5 Å². The molecule has 3 rings (SSSR count). The Morgan fingerprint density at radius 1 is 1.24 bits per heavy atom. The summed E-state index contributed by atoms with van der Waals surface area (Å²) in [5.74, 6) is -0.410. The number of rotatable bonds is 1. The minimum Gasteiger partial charge on any atom is -0.399 e. The molecule has 1 aromatic carbocycles. The number of benzene rings is 1. The van der Waals surface area contributed by atoms with Gasteiger partial charge < -0.3 is 5.73 Å². The van der Waals surface area contributed by atoms with E-state index < -0.39 is 5.91 Å². The fourth-order valence-corrected chi connectivity index (χ4v) is 2.28. The highest BCUT2D eigenvalue weighted by atomic mass is 16.2. The number of carbonyl (C=O) groups excluding carboxylic acids is 1. The lowest BCUT2D eigenvalue weighted by Gasteiger charge is -2.11. The lowest BCUT2D eigenvalue weighted by atomic mass is 10.1. The second-order valence-electron chi connectivity index (χ2n) is 4.83. The van der Waals surface area contributed by atoms with Gasteiger partial charge in [-0.15, -0.1) is 0 Å². The highest BCUT2D eigenvalue weighted by Gasteiger charge is 2.15. The monoisotopic (exact) mass is 279 g/mol. The second-order valence-corrected chi connectivity index (χ2v) is 4.83. The van der Waals surface area contributed by atoms with Crippen LogP contribution < -0.4 is 11.3 Å². The summed E-state index contributed by atoms with van der Waals surface area (Å²) >= 11 is 0. The minimum absolute atomic E-state index is 0.345. The number of nitrogens with zero attached hydrogens (tertiary/aromatic N) is 2. The van der Waals surface area contributed by atoms with Gasteiger partial charge in [0.2, 0.25) is 0 Å². The molecule has 0 amide bonds. The third-order valence-corrected chi connectivity index (χ3v) is 3.32. The van der Waals surface area contributed by atoms with Crippen molar-refractivity contribution >= 4 is 22.5 Å². The molecule has 0 aliphatic heterocycles. The highest BCUT2D eigenvalue weighted by molar-refractivity contribution is 6.01. The van der Waals surface area contributed by atoms with E-state index in [1.54, 1.807) is 49.5 Å². The van der Waals surface area contributed by atoms with Gasteiger partial charge in [0.25, 0.3) is 11.5 Å². The lowest BCUT2D eigenvalue weighted by Crippen LogP contribution is -2.29. The van der Waals surface area contributed by atoms with Crippen LogP contribution in [0.2, 0.25) is 0 Å². The summed E-state index contributed by atoms with van der Waals surface area (Å²) in [6, 6.07) is 10.2. The molecule has 2 N–H and O–H groups in total. The summed E-state index contributed by atoms with van der Waals surface area (Å²) in [4.78, 5) is 28.9. The number of pyridine rings is 2. The molecule has 0 aliphatic rings. The zero-order chi connectivity index (χ0) is 15.0. The van der Waals surface area contributed by atoms with Gasteiger partial charge in [0.15, 0.2) is 0 Å². The molecule has 0 unspecified atom stereocenters. The summed E-state index contributed by atoms with van der Waals surface area (Å²) in [6.07, 6.45) is 3.02. The number of fused-ring (bicyclic) bond motifs is 1. The van der Waals surface area contributed by atoms with Crippen LogP contribution in [-0.2, 0) is 0 Å². The molecule has 0 saturated heterocycles. The summed E-state index contributed by atoms with van der Waals surface area (Å²) < 4.78 is 1.15. The number of nitrogens with two attached hydrogens (primary N) is 1. The zero-order valence-corrected chi connectivity index (χ0v) is 11.4. The number of carbonyl (C=O) groups is 1. The van der Waals surface area contributed by atoms with E-state index in [0.717, 1.165) is 9.95 Å². The molecule has 104 valence electrons. The van der Waals surface area contributed by atoms with Crippen LogP contribution in [0.5, 0.6) is 0 Å². The van der Waals surface area contributed by atoms with Crippen molar-refractivity contribution in [1.29, 1.82) is 0 Å². The topological polar surface area (TPSA) is 78.0 Å². The SMILES string of the molecule is Cc1cc2ccc(N)cc2n(C(=O)c2cccnc2)c1=O. The standard InChI is InChI=1S/C16H13N3O2/c1-10-7-11-4-5-13(17)8-14(11)19(15(10)20)16(21)12-3-2-6-18-9-12/h2-9H,17H2,1H3. The van der Waals surface area contributed by atoms with Gasteiger partial charge in [0.1, 0.15) is 0 Å². The largest absolute Gasteiger partial charge is 0.399 e. The molecule has 0 bridgehead atoms. The molecule has 21 heavy (non-hydrogen) atoms. The minimum atomic E-state index is -0.410. The number of aryl methyl sites for hydroxylation is 1. The summed E-state index contributed by atoms with van der Waals surface area (Å²) in [5, 5.41) is 0.790. The molecule has 0 aliphatic carbocycles. The van der Waals surface area contributed by atoms with Crippen molar-refractivity contribution in [3.63, 3.8) is 0 Å². The third-order valence-electron chi connectivity index (χ3n) is 3.32. The highest BCUT2D eigenvalue weighted by Crippen LogP contribution is 2.18. The van der Waals surface area contributed by atoms with E-state index in [-0.39, 0.29) is 5.56 Å². The van der Waals surface area contributed by atoms with E-state index in [4.69, 9.17) is 5.73 Å². The van der Waals surface area contributed by atoms with Gasteiger partial charge in [-0.3, -0.25) is 14.6 Å². The van der Waals surface area contributed by atoms with Gasteiger partial charge in [-0.05, 0) is 42.6 Å². The van der Waals surface area contributed by atoms with Gasteiger partial charge in [0.05, 0.1) is 11.1 Å². The maximum atomic E-state index is 12.6. The quantitative estimate of drug-likeness (QED) is 0.691. The molecule has 0 radical (unpaired) electrons. The zero-order valence-electron chi connectivity index (χ0n) is 11.4. The van der Waals surface area contributed by atoms with E-state index >= 15 is 0 Å². The number of nitrogen functional groups attached to an aromatic ring is 1. The second kappa shape index (κ2) is 4.86. The van der Waals surface area contributed by atoms with Gasteiger partial charge in [-0.25, -0.2) is 4.57 Å². The van der Waals surface area contributed by atoms with Crippen molar-refractivity contribution in [3.05, 3.63) is 70.3 Å². The van der Waals surface area contributed by atoms with E-state index in [1.165, 1.54) is 6.20 Å². The molecule has 3 aromatic rings. The van der Waals surface area contributed by atoms with E-state index in [9.17, 15) is 9.59 Å². The van der Waals surface area contributed by atoms with Gasteiger partial charge in [-0.2, -0.15) is 0 Å². The first kappa shape index (κ1) is 13.1. The Morgan fingerprint density at radius 3 is 2.76 bits per heavy atom. The van der Waals surface area contributed by atoms with Crippen molar-refractivity contribution < 1.29 is 4.79 Å². The van der Waals surface area contributed by atoms with Crippen molar-refractivity contribution in [2.75, 3.05) is 5.73 Å². The van der Waals surface area contributed by atoms with Gasteiger partial charge >= 0.3 is 0 Å². The molecule has 5 nitrogen and oxygen atoms in total. The first-order valence-electron chi connectivity index (χ1n) is 6.44. The molecule has 5 heteroatoms. The van der Waals surface area contributed by atoms with Gasteiger partial charge in [-0.1, -0.05) is 6.07 Å². The Balaban J connectivity index is 2.36. The Labute approximate surface area is 120 Å². The average molecular weight is 279 g/mol. The van der Waals surface area contributed by atoms with Crippen molar-refractivity contribution in [2.24, 2.45) is 0 Å². The summed E-state index contributed by atoms with van der Waals surface area (Å²) in [6.45, 7) is 1.69. The van der Waals surface area contributed by atoms with Crippen LogP contribution in [0.4, 0.5) is 5.69 Å². The van der Waals surface area contributed by atoms with Crippen LogP contribution in [0.3, 0.4) is 0 Å². The van der Waals surface area contributed by atoms with Crippen LogP contribution >= 0.6 is 0 Å². The molecule has 0 atom stereocenters. The fourth-order valence-electron chi connectivity index (χ4n) is 2.28. The Bertz CT molecular complexity index is 899. The molecular formula is C16H13N3O2. The van der Waals surface area contributed by atoms with Crippen LogP contribution in [0.1, 0.15) is 15.9 Å². The van der Waals surface area contributed by atoms with E-state index in [2.05, 4.69) is 4.98 Å². The maximum absolute atomic E-state index is 12.6. The predicted octanol–water partition coefficient (Wildman–Crippen LogP) is 1.98. The van der Waals surface area contributed by atoms with Crippen LogP contribution in [0, 0.1) is 6.92 Å². The molecule has 0 fully saturated rings. The Kier molecular flexibility index (Phi) is 3.02. The molecule has 0 saturated carbocycles. The predicted molar refractivity (Wildman–Crippen MR) is 81.3 cm³/mol. The average Bonchev–Trinajstić information content (AvgIpc) is 2.49. The van der Waals surface area contributed by atoms with Crippen molar-refractivity contribution in [1.82, 2.24) is 9.55 Å². The summed E-state index contributed by atoms with van der Waals surface area (Å²) in [5.41, 5.74) is 7.29. The first-order chi connectivity index (χ1) is 10.1. The Hall–Kier alpha value is -2.95. The number of aromatic nitrogens is 2. The van der Waals surface area contributed by atoms with Crippen molar-refractivity contribution in [2.45, 2.75) is 6.92 Å². The molecular weight excluding hydrogens is 266 g/mol. The third kappa shape index (κ3) is 2.18. The van der Waals surface area contributed by atoms with Gasteiger partial charge in [0, 0.05) is 23.6 Å². The lowest BCUT2D eigenvalue weighted by molar-refractivity contribution is 0.0960. The van der Waals surface area contributed by atoms with E-state index in [1.807, 2.05) is 0 Å².